The molecule has 3 aromatic heterocycles. The largest absolute Gasteiger partial charge is 0.307 e. The van der Waals surface area contributed by atoms with Crippen LogP contribution in [0.1, 0.15) is 0 Å². The first-order valence-corrected chi connectivity index (χ1v) is 15.3. The molecule has 10 aromatic rings. The number of benzene rings is 7. The zero-order chi connectivity index (χ0) is 29.5. The molecular weight excluding hydrogens is 548 g/mol. The lowest BCUT2D eigenvalue weighted by Gasteiger charge is -2.13. The van der Waals surface area contributed by atoms with Gasteiger partial charge in [-0.15, -0.1) is 0 Å². The highest BCUT2D eigenvalue weighted by Crippen LogP contribution is 2.42. The zero-order valence-electron chi connectivity index (χ0n) is 24.3. The Balaban J connectivity index is 1.40. The maximum atomic E-state index is 4.75. The van der Waals surface area contributed by atoms with Crippen LogP contribution < -0.4 is 0 Å². The SMILES string of the molecule is c1ccc(-n2cnc3ccc(-n4c5ccccc5c5ccc6c7cc8ccccc8cc7n(-c7ccccc7)c6c54)cc32)cc1. The minimum absolute atomic E-state index is 0.971. The molecule has 0 aliphatic heterocycles. The van der Waals surface area contributed by atoms with Gasteiger partial charge in [-0.25, -0.2) is 4.98 Å². The van der Waals surface area contributed by atoms with Crippen LogP contribution >= 0.6 is 0 Å². The van der Waals surface area contributed by atoms with Crippen molar-refractivity contribution in [1.29, 1.82) is 0 Å². The second kappa shape index (κ2) is 9.18. The lowest BCUT2D eigenvalue weighted by Crippen LogP contribution is -1.99. The van der Waals surface area contributed by atoms with Gasteiger partial charge in [-0.05, 0) is 71.4 Å². The number of fused-ring (bicyclic) bond motifs is 9. The highest BCUT2D eigenvalue weighted by molar-refractivity contribution is 6.25. The molecule has 210 valence electrons. The number of imidazole rings is 1. The van der Waals surface area contributed by atoms with Crippen molar-refractivity contribution >= 4 is 65.4 Å². The van der Waals surface area contributed by atoms with Crippen LogP contribution in [-0.4, -0.2) is 18.7 Å². The molecule has 3 heterocycles. The number of rotatable bonds is 3. The van der Waals surface area contributed by atoms with Crippen molar-refractivity contribution < 1.29 is 0 Å². The summed E-state index contributed by atoms with van der Waals surface area (Å²) in [5, 5.41) is 7.45. The van der Waals surface area contributed by atoms with Gasteiger partial charge in [0, 0.05) is 38.6 Å². The van der Waals surface area contributed by atoms with Crippen molar-refractivity contribution in [1.82, 2.24) is 18.7 Å². The third-order valence-electron chi connectivity index (χ3n) is 9.27. The van der Waals surface area contributed by atoms with Crippen LogP contribution in [0.3, 0.4) is 0 Å². The Morgan fingerprint density at radius 1 is 0.378 bits per heavy atom. The molecule has 7 aromatic carbocycles. The van der Waals surface area contributed by atoms with E-state index in [9.17, 15) is 0 Å². The average molecular weight is 575 g/mol. The smallest absolute Gasteiger partial charge is 0.100 e. The average Bonchev–Trinajstić information content (AvgIpc) is 3.77. The third-order valence-corrected chi connectivity index (χ3v) is 9.27. The molecule has 0 bridgehead atoms. The van der Waals surface area contributed by atoms with Gasteiger partial charge < -0.3 is 9.13 Å². The molecule has 0 spiro atoms. The van der Waals surface area contributed by atoms with Crippen LogP contribution in [-0.2, 0) is 0 Å². The minimum atomic E-state index is 0.971. The Kier molecular flexibility index (Phi) is 4.96. The van der Waals surface area contributed by atoms with E-state index < -0.39 is 0 Å². The van der Waals surface area contributed by atoms with Crippen LogP contribution in [0.15, 0.2) is 158 Å². The Morgan fingerprint density at radius 2 is 1.00 bits per heavy atom. The monoisotopic (exact) mass is 574 g/mol. The molecule has 0 unspecified atom stereocenters. The lowest BCUT2D eigenvalue weighted by molar-refractivity contribution is 1.09. The van der Waals surface area contributed by atoms with Gasteiger partial charge in [-0.2, -0.15) is 0 Å². The zero-order valence-corrected chi connectivity index (χ0v) is 24.3. The standard InChI is InChI=1S/C41H26N4/c1-3-13-29(14-4-1)43-26-42-36-22-19-31(25-39(36)43)45-37-18-10-9-17-32(37)33-20-21-34-35-23-27-11-7-8-12-28(27)24-38(35)44(41(34)40(33)45)30-15-5-2-6-16-30/h1-26H. The van der Waals surface area contributed by atoms with Crippen molar-refractivity contribution in [2.45, 2.75) is 0 Å². The molecule has 0 atom stereocenters. The number of nitrogens with zero attached hydrogens (tertiary/aromatic N) is 4. The fourth-order valence-electron chi connectivity index (χ4n) is 7.28. The molecule has 0 N–H and O–H groups in total. The first-order valence-electron chi connectivity index (χ1n) is 15.3. The Morgan fingerprint density at radius 3 is 1.78 bits per heavy atom. The van der Waals surface area contributed by atoms with Gasteiger partial charge in [-0.1, -0.05) is 91.0 Å². The summed E-state index contributed by atoms with van der Waals surface area (Å²) in [6.45, 7) is 0. The van der Waals surface area contributed by atoms with E-state index in [1.165, 1.54) is 54.4 Å². The van der Waals surface area contributed by atoms with Gasteiger partial charge in [-0.3, -0.25) is 4.57 Å². The van der Waals surface area contributed by atoms with E-state index in [1.807, 2.05) is 12.4 Å². The predicted molar refractivity (Wildman–Crippen MR) is 187 cm³/mol. The fourth-order valence-corrected chi connectivity index (χ4v) is 7.28. The molecule has 0 aliphatic rings. The first-order chi connectivity index (χ1) is 22.3. The Labute approximate surface area is 258 Å². The van der Waals surface area contributed by atoms with E-state index in [0.717, 1.165) is 28.1 Å². The topological polar surface area (TPSA) is 27.7 Å². The second-order valence-corrected chi connectivity index (χ2v) is 11.7. The molecule has 0 aliphatic carbocycles. The van der Waals surface area contributed by atoms with Gasteiger partial charge in [0.1, 0.15) is 6.33 Å². The third kappa shape index (κ3) is 3.45. The van der Waals surface area contributed by atoms with Crippen LogP contribution in [0.5, 0.6) is 0 Å². The fraction of sp³-hybridized carbons (Fsp3) is 0. The molecule has 4 heteroatoms. The van der Waals surface area contributed by atoms with Gasteiger partial charge in [0.2, 0.25) is 0 Å². The summed E-state index contributed by atoms with van der Waals surface area (Å²) >= 11 is 0. The molecule has 4 nitrogen and oxygen atoms in total. The Bertz CT molecular complexity index is 2750. The summed E-state index contributed by atoms with van der Waals surface area (Å²) in [6, 6.07) is 54.6. The highest BCUT2D eigenvalue weighted by Gasteiger charge is 2.22. The summed E-state index contributed by atoms with van der Waals surface area (Å²) in [6.07, 6.45) is 1.92. The molecule has 45 heavy (non-hydrogen) atoms. The molecular formula is C41H26N4. The van der Waals surface area contributed by atoms with Crippen molar-refractivity contribution in [3.05, 3.63) is 158 Å². The van der Waals surface area contributed by atoms with Crippen LogP contribution in [0.4, 0.5) is 0 Å². The summed E-state index contributed by atoms with van der Waals surface area (Å²) in [5.41, 5.74) is 10.2. The van der Waals surface area contributed by atoms with Gasteiger partial charge >= 0.3 is 0 Å². The normalized spacial score (nSPS) is 12.0. The van der Waals surface area contributed by atoms with Crippen LogP contribution in [0, 0.1) is 0 Å². The van der Waals surface area contributed by atoms with Crippen molar-refractivity contribution in [3.8, 4) is 17.1 Å². The van der Waals surface area contributed by atoms with Gasteiger partial charge in [0.05, 0.1) is 33.1 Å². The lowest BCUT2D eigenvalue weighted by atomic mass is 10.1. The molecule has 0 radical (unpaired) electrons. The molecule has 0 fully saturated rings. The van der Waals surface area contributed by atoms with Gasteiger partial charge in [0.15, 0.2) is 0 Å². The second-order valence-electron chi connectivity index (χ2n) is 11.7. The highest BCUT2D eigenvalue weighted by atomic mass is 15.1. The maximum Gasteiger partial charge on any atom is 0.100 e. The van der Waals surface area contributed by atoms with E-state index in [4.69, 9.17) is 4.98 Å². The molecule has 0 amide bonds. The van der Waals surface area contributed by atoms with Crippen molar-refractivity contribution in [2.24, 2.45) is 0 Å². The first kappa shape index (κ1) is 24.3. The van der Waals surface area contributed by atoms with Crippen LogP contribution in [0.25, 0.3) is 82.5 Å². The molecule has 10 rings (SSSR count). The van der Waals surface area contributed by atoms with Crippen molar-refractivity contribution in [3.63, 3.8) is 0 Å². The number of aromatic nitrogens is 4. The quantitative estimate of drug-likeness (QED) is 0.206. The molecule has 0 saturated carbocycles. The summed E-state index contributed by atoms with van der Waals surface area (Å²) < 4.78 is 7.09. The van der Waals surface area contributed by atoms with Crippen LogP contribution in [0.2, 0.25) is 0 Å². The van der Waals surface area contributed by atoms with E-state index in [0.29, 0.717) is 0 Å². The predicted octanol–water partition coefficient (Wildman–Crippen LogP) is 10.4. The summed E-state index contributed by atoms with van der Waals surface area (Å²) in [5.74, 6) is 0. The van der Waals surface area contributed by atoms with E-state index in [-0.39, 0.29) is 0 Å². The van der Waals surface area contributed by atoms with E-state index in [2.05, 4.69) is 159 Å². The summed E-state index contributed by atoms with van der Waals surface area (Å²) in [4.78, 5) is 4.75. The number of hydrogen-bond acceptors (Lipinski definition) is 1. The summed E-state index contributed by atoms with van der Waals surface area (Å²) in [7, 11) is 0. The maximum absolute atomic E-state index is 4.75. The van der Waals surface area contributed by atoms with E-state index in [1.54, 1.807) is 0 Å². The van der Waals surface area contributed by atoms with E-state index >= 15 is 0 Å². The Hall–Kier alpha value is -6.13. The minimum Gasteiger partial charge on any atom is -0.307 e. The van der Waals surface area contributed by atoms with Crippen molar-refractivity contribution in [2.75, 3.05) is 0 Å². The molecule has 0 saturated heterocycles. The van der Waals surface area contributed by atoms with Gasteiger partial charge in [0.25, 0.3) is 0 Å². The number of hydrogen-bond donors (Lipinski definition) is 0. The number of para-hydroxylation sites is 3.